The monoisotopic (exact) mass is 411 g/mol. The Kier molecular flexibility index (Phi) is 4.42. The van der Waals surface area contributed by atoms with Crippen molar-refractivity contribution >= 4 is 15.9 Å². The topological polar surface area (TPSA) is 51.6 Å². The number of aromatic nitrogens is 1. The van der Waals surface area contributed by atoms with E-state index in [1.807, 2.05) is 54.6 Å². The third-order valence-electron chi connectivity index (χ3n) is 4.82. The Morgan fingerprint density at radius 3 is 2.54 bits per heavy atom. The van der Waals surface area contributed by atoms with Crippen molar-refractivity contribution in [2.45, 2.75) is 18.1 Å². The lowest BCUT2D eigenvalue weighted by Crippen LogP contribution is -2.38. The summed E-state index contributed by atoms with van der Waals surface area (Å²) in [7, 11) is 1.62. The lowest BCUT2D eigenvalue weighted by atomic mass is 9.81. The molecule has 0 aliphatic carbocycles. The maximum Gasteiger partial charge on any atom is 0.168 e. The predicted molar refractivity (Wildman–Crippen MR) is 102 cm³/mol. The molecule has 2 aromatic carbocycles. The largest absolute Gasteiger partial charge is 0.495 e. The molecule has 1 N–H and O–H groups in total. The van der Waals surface area contributed by atoms with Crippen molar-refractivity contribution in [1.29, 1.82) is 0 Å². The first-order valence-corrected chi connectivity index (χ1v) is 9.12. The van der Waals surface area contributed by atoms with Crippen LogP contribution < -0.4 is 9.47 Å². The molecular weight excluding hydrogens is 394 g/mol. The van der Waals surface area contributed by atoms with Crippen molar-refractivity contribution in [2.75, 3.05) is 7.11 Å². The highest BCUT2D eigenvalue weighted by Crippen LogP contribution is 2.50. The standard InChI is InChI=1S/C21H18BrNO3/c1-25-18-12-23-13-19-17(18)11-21(26-19,15-7-9-16(22)10-8-15)20(24)14-5-3-2-4-6-14/h2-10,12-13,20,24H,11H2,1H3/t20?,21-/m0/s1. The lowest BCUT2D eigenvalue weighted by molar-refractivity contribution is -0.0473. The highest BCUT2D eigenvalue weighted by molar-refractivity contribution is 9.10. The lowest BCUT2D eigenvalue weighted by Gasteiger charge is -2.34. The number of rotatable bonds is 4. The van der Waals surface area contributed by atoms with Crippen LogP contribution in [0.3, 0.4) is 0 Å². The van der Waals surface area contributed by atoms with Crippen molar-refractivity contribution in [1.82, 2.24) is 4.98 Å². The Bertz CT molecular complexity index is 914. The predicted octanol–water partition coefficient (Wildman–Crippen LogP) is 4.42. The van der Waals surface area contributed by atoms with Crippen LogP contribution in [0.15, 0.2) is 71.5 Å². The first kappa shape index (κ1) is 17.1. The fraction of sp³-hybridized carbons (Fsp3) is 0.190. The van der Waals surface area contributed by atoms with Crippen molar-refractivity contribution in [2.24, 2.45) is 0 Å². The number of pyridine rings is 1. The third-order valence-corrected chi connectivity index (χ3v) is 5.35. The highest BCUT2D eigenvalue weighted by Gasteiger charge is 2.49. The molecule has 1 unspecified atom stereocenters. The van der Waals surface area contributed by atoms with Crippen molar-refractivity contribution in [3.05, 3.63) is 88.2 Å². The van der Waals surface area contributed by atoms with Gasteiger partial charge in [0.15, 0.2) is 5.60 Å². The summed E-state index contributed by atoms with van der Waals surface area (Å²) in [5.41, 5.74) is 1.67. The van der Waals surface area contributed by atoms with Crippen LogP contribution in [-0.2, 0) is 12.0 Å². The van der Waals surface area contributed by atoms with Crippen LogP contribution >= 0.6 is 15.9 Å². The average Bonchev–Trinajstić information content (AvgIpc) is 3.09. The molecule has 0 saturated heterocycles. The summed E-state index contributed by atoms with van der Waals surface area (Å²) in [4.78, 5) is 4.19. The zero-order valence-electron chi connectivity index (χ0n) is 14.2. The van der Waals surface area contributed by atoms with Gasteiger partial charge in [-0.25, -0.2) is 0 Å². The maximum absolute atomic E-state index is 11.3. The van der Waals surface area contributed by atoms with Gasteiger partial charge < -0.3 is 14.6 Å². The van der Waals surface area contributed by atoms with Gasteiger partial charge in [-0.05, 0) is 23.3 Å². The van der Waals surface area contributed by atoms with E-state index in [9.17, 15) is 5.11 Å². The summed E-state index contributed by atoms with van der Waals surface area (Å²) in [5.74, 6) is 1.31. The molecular formula is C21H18BrNO3. The van der Waals surface area contributed by atoms with Crippen LogP contribution in [0.5, 0.6) is 11.5 Å². The van der Waals surface area contributed by atoms with Crippen LogP contribution in [-0.4, -0.2) is 17.2 Å². The van der Waals surface area contributed by atoms with Gasteiger partial charge in [-0.1, -0.05) is 58.4 Å². The number of methoxy groups -OCH3 is 1. The first-order valence-electron chi connectivity index (χ1n) is 8.33. The van der Waals surface area contributed by atoms with E-state index in [0.717, 1.165) is 21.2 Å². The molecule has 1 aromatic heterocycles. The normalized spacial score (nSPS) is 19.5. The van der Waals surface area contributed by atoms with Crippen molar-refractivity contribution in [3.8, 4) is 11.5 Å². The number of hydrogen-bond acceptors (Lipinski definition) is 4. The number of benzene rings is 2. The van der Waals surface area contributed by atoms with Crippen LogP contribution in [0.2, 0.25) is 0 Å². The van der Waals surface area contributed by atoms with Crippen LogP contribution in [0.1, 0.15) is 22.8 Å². The Labute approximate surface area is 160 Å². The van der Waals surface area contributed by atoms with E-state index in [1.54, 1.807) is 19.5 Å². The van der Waals surface area contributed by atoms with Crippen LogP contribution in [0.25, 0.3) is 0 Å². The number of fused-ring (bicyclic) bond motifs is 1. The quantitative estimate of drug-likeness (QED) is 0.690. The van der Waals surface area contributed by atoms with Gasteiger partial charge in [-0.3, -0.25) is 4.98 Å². The molecule has 0 bridgehead atoms. The molecule has 132 valence electrons. The van der Waals surface area contributed by atoms with Crippen LogP contribution in [0.4, 0.5) is 0 Å². The number of ether oxygens (including phenoxy) is 2. The second-order valence-electron chi connectivity index (χ2n) is 6.31. The van der Waals surface area contributed by atoms with E-state index in [4.69, 9.17) is 9.47 Å². The highest BCUT2D eigenvalue weighted by atomic mass is 79.9. The fourth-order valence-corrected chi connectivity index (χ4v) is 3.76. The number of aliphatic hydroxyl groups is 1. The van der Waals surface area contributed by atoms with Gasteiger partial charge in [0.25, 0.3) is 0 Å². The molecule has 0 saturated carbocycles. The van der Waals surface area contributed by atoms with E-state index in [1.165, 1.54) is 0 Å². The SMILES string of the molecule is COc1cncc2c1C[C@](c1ccc(Br)cc1)(C(O)c1ccccc1)O2. The molecule has 0 spiro atoms. The van der Waals surface area contributed by atoms with E-state index < -0.39 is 11.7 Å². The van der Waals surface area contributed by atoms with Gasteiger partial charge in [0, 0.05) is 16.5 Å². The number of hydrogen-bond donors (Lipinski definition) is 1. The molecule has 2 heterocycles. The Balaban J connectivity index is 1.85. The zero-order chi connectivity index (χ0) is 18.1. The molecule has 26 heavy (non-hydrogen) atoms. The van der Waals surface area contributed by atoms with Gasteiger partial charge in [-0.15, -0.1) is 0 Å². The minimum Gasteiger partial charge on any atom is -0.495 e. The number of halogens is 1. The van der Waals surface area contributed by atoms with Crippen molar-refractivity contribution in [3.63, 3.8) is 0 Å². The van der Waals surface area contributed by atoms with E-state index >= 15 is 0 Å². The summed E-state index contributed by atoms with van der Waals surface area (Å²) in [5, 5.41) is 11.3. The molecule has 4 rings (SSSR count). The molecule has 4 nitrogen and oxygen atoms in total. The summed E-state index contributed by atoms with van der Waals surface area (Å²) < 4.78 is 12.8. The van der Waals surface area contributed by atoms with Crippen molar-refractivity contribution < 1.29 is 14.6 Å². The van der Waals surface area contributed by atoms with E-state index in [0.29, 0.717) is 17.9 Å². The Morgan fingerprint density at radius 1 is 1.12 bits per heavy atom. The Morgan fingerprint density at radius 2 is 1.85 bits per heavy atom. The van der Waals surface area contributed by atoms with Crippen LogP contribution in [0, 0.1) is 0 Å². The maximum atomic E-state index is 11.3. The fourth-order valence-electron chi connectivity index (χ4n) is 3.49. The molecule has 5 heteroatoms. The summed E-state index contributed by atoms with van der Waals surface area (Å²) in [6, 6.07) is 17.4. The molecule has 0 fully saturated rings. The van der Waals surface area contributed by atoms with Gasteiger partial charge >= 0.3 is 0 Å². The number of aliphatic hydroxyl groups excluding tert-OH is 1. The summed E-state index contributed by atoms with van der Waals surface area (Å²) in [6.45, 7) is 0. The zero-order valence-corrected chi connectivity index (χ0v) is 15.8. The number of nitrogens with zero attached hydrogens (tertiary/aromatic N) is 1. The van der Waals surface area contributed by atoms with Gasteiger partial charge in [0.05, 0.1) is 19.5 Å². The molecule has 1 aliphatic rings. The minimum atomic E-state index is -0.944. The first-order chi connectivity index (χ1) is 12.6. The third kappa shape index (κ3) is 2.77. The second kappa shape index (κ2) is 6.74. The summed E-state index contributed by atoms with van der Waals surface area (Å²) in [6.07, 6.45) is 3.00. The molecule has 3 aromatic rings. The molecule has 1 aliphatic heterocycles. The van der Waals surface area contributed by atoms with E-state index in [-0.39, 0.29) is 0 Å². The smallest absolute Gasteiger partial charge is 0.168 e. The van der Waals surface area contributed by atoms with Gasteiger partial charge in [0.1, 0.15) is 17.6 Å². The Hall–Kier alpha value is -2.37. The molecule has 2 atom stereocenters. The minimum absolute atomic E-state index is 0.492. The van der Waals surface area contributed by atoms with Gasteiger partial charge in [-0.2, -0.15) is 0 Å². The van der Waals surface area contributed by atoms with E-state index in [2.05, 4.69) is 20.9 Å². The summed E-state index contributed by atoms with van der Waals surface area (Å²) >= 11 is 3.47. The molecule has 0 amide bonds. The average molecular weight is 412 g/mol. The second-order valence-corrected chi connectivity index (χ2v) is 7.22. The van der Waals surface area contributed by atoms with Gasteiger partial charge in [0.2, 0.25) is 0 Å². The molecule has 0 radical (unpaired) electrons.